The number of nitrogens with one attached hydrogen (secondary N) is 1. The highest BCUT2D eigenvalue weighted by atomic mass is 16.4. The number of aliphatic carboxylic acids is 1. The maximum atomic E-state index is 12.2. The Morgan fingerprint density at radius 3 is 2.00 bits per heavy atom. The summed E-state index contributed by atoms with van der Waals surface area (Å²) in [6.45, 7) is 8.90. The first kappa shape index (κ1) is 18.7. The Balaban J connectivity index is 4.73. The van der Waals surface area contributed by atoms with Crippen LogP contribution in [-0.2, 0) is 4.79 Å². The lowest BCUT2D eigenvalue weighted by atomic mass is 10.0. The predicted octanol–water partition coefficient (Wildman–Crippen LogP) is 1.32. The molecule has 0 aromatic rings. The number of carboxylic acid groups (broad SMARTS) is 1. The molecule has 1 unspecified atom stereocenters. The average Bonchev–Trinajstić information content (AvgIpc) is 2.24. The van der Waals surface area contributed by atoms with E-state index < -0.39 is 5.97 Å². The number of nitrogens with zero attached hydrogens (tertiary/aromatic N) is 2. The van der Waals surface area contributed by atoms with Gasteiger partial charge in [0.05, 0.1) is 0 Å². The molecule has 0 rings (SSSR count). The summed E-state index contributed by atoms with van der Waals surface area (Å²) in [5.74, 6) is -0.479. The van der Waals surface area contributed by atoms with Crippen molar-refractivity contribution in [3.63, 3.8) is 0 Å². The van der Waals surface area contributed by atoms with E-state index in [0.29, 0.717) is 6.54 Å². The Hall–Kier alpha value is -1.30. The van der Waals surface area contributed by atoms with Gasteiger partial charge in [0.25, 0.3) is 0 Å². The molecule has 0 aromatic carbocycles. The number of carboxylic acids is 1. The molecule has 20 heavy (non-hydrogen) atoms. The average molecular weight is 287 g/mol. The topological polar surface area (TPSA) is 72.9 Å². The van der Waals surface area contributed by atoms with Crippen molar-refractivity contribution in [2.45, 2.75) is 33.7 Å². The first-order valence-electron chi connectivity index (χ1n) is 7.05. The van der Waals surface area contributed by atoms with Crippen LogP contribution >= 0.6 is 0 Å². The molecule has 6 nitrogen and oxygen atoms in total. The predicted molar refractivity (Wildman–Crippen MR) is 79.8 cm³/mol. The SMILES string of the molecule is CC(C)CN(CC(=O)O)C(=O)NC(CN(C)C)C(C)C. The van der Waals surface area contributed by atoms with Crippen molar-refractivity contribution < 1.29 is 14.7 Å². The molecule has 2 amide bonds. The summed E-state index contributed by atoms with van der Waals surface area (Å²) in [5.41, 5.74) is 0. The summed E-state index contributed by atoms with van der Waals surface area (Å²) in [6.07, 6.45) is 0. The standard InChI is InChI=1S/C14H29N3O3/c1-10(2)7-17(9-13(18)19)14(20)15-12(11(3)4)8-16(5)6/h10-12H,7-9H2,1-6H3,(H,15,20)(H,18,19). The molecule has 118 valence electrons. The fraction of sp³-hybridized carbons (Fsp3) is 0.857. The number of hydrogen-bond donors (Lipinski definition) is 2. The third-order valence-electron chi connectivity index (χ3n) is 2.87. The van der Waals surface area contributed by atoms with E-state index in [9.17, 15) is 9.59 Å². The molecule has 0 heterocycles. The summed E-state index contributed by atoms with van der Waals surface area (Å²) in [7, 11) is 3.90. The van der Waals surface area contributed by atoms with Gasteiger partial charge in [-0.05, 0) is 25.9 Å². The number of carbonyl (C=O) groups excluding carboxylic acids is 1. The molecule has 0 radical (unpaired) electrons. The van der Waals surface area contributed by atoms with Crippen LogP contribution in [0.4, 0.5) is 4.79 Å². The number of likely N-dealkylation sites (N-methyl/N-ethyl adjacent to an activating group) is 1. The molecule has 0 bridgehead atoms. The highest BCUT2D eigenvalue weighted by molar-refractivity contribution is 5.80. The zero-order chi connectivity index (χ0) is 15.9. The van der Waals surface area contributed by atoms with Crippen molar-refractivity contribution in [1.82, 2.24) is 15.1 Å². The number of amides is 2. The van der Waals surface area contributed by atoms with E-state index in [0.717, 1.165) is 6.54 Å². The van der Waals surface area contributed by atoms with Gasteiger partial charge >= 0.3 is 12.0 Å². The summed E-state index contributed by atoms with van der Waals surface area (Å²) < 4.78 is 0. The van der Waals surface area contributed by atoms with Crippen LogP contribution in [0.2, 0.25) is 0 Å². The van der Waals surface area contributed by atoms with E-state index in [4.69, 9.17) is 5.11 Å². The Morgan fingerprint density at radius 1 is 1.10 bits per heavy atom. The van der Waals surface area contributed by atoms with E-state index in [1.165, 1.54) is 4.90 Å². The number of rotatable bonds is 8. The number of hydrogen-bond acceptors (Lipinski definition) is 3. The van der Waals surface area contributed by atoms with E-state index in [1.54, 1.807) is 0 Å². The van der Waals surface area contributed by atoms with Crippen LogP contribution in [-0.4, -0.2) is 66.7 Å². The second-order valence-electron chi connectivity index (χ2n) is 6.23. The van der Waals surface area contributed by atoms with Gasteiger partial charge in [-0.15, -0.1) is 0 Å². The molecule has 0 spiro atoms. The molecule has 0 aliphatic carbocycles. The van der Waals surface area contributed by atoms with Gasteiger partial charge in [0.1, 0.15) is 6.54 Å². The second kappa shape index (κ2) is 8.79. The van der Waals surface area contributed by atoms with Gasteiger partial charge in [-0.3, -0.25) is 4.79 Å². The van der Waals surface area contributed by atoms with Gasteiger partial charge in [-0.25, -0.2) is 4.79 Å². The molecule has 0 saturated heterocycles. The first-order chi connectivity index (χ1) is 9.13. The Bertz CT molecular complexity index is 317. The lowest BCUT2D eigenvalue weighted by Crippen LogP contribution is -2.52. The van der Waals surface area contributed by atoms with Gasteiger partial charge in [-0.2, -0.15) is 0 Å². The molecule has 6 heteroatoms. The van der Waals surface area contributed by atoms with Crippen molar-refractivity contribution in [3.8, 4) is 0 Å². The zero-order valence-corrected chi connectivity index (χ0v) is 13.5. The molecule has 1 atom stereocenters. The fourth-order valence-electron chi connectivity index (χ4n) is 1.89. The van der Waals surface area contributed by atoms with Crippen LogP contribution in [0.25, 0.3) is 0 Å². The van der Waals surface area contributed by atoms with Gasteiger partial charge in [0.2, 0.25) is 0 Å². The first-order valence-corrected chi connectivity index (χ1v) is 7.05. The zero-order valence-electron chi connectivity index (χ0n) is 13.5. The monoisotopic (exact) mass is 287 g/mol. The van der Waals surface area contributed by atoms with Gasteiger partial charge in [0.15, 0.2) is 0 Å². The smallest absolute Gasteiger partial charge is 0.323 e. The minimum Gasteiger partial charge on any atom is -0.480 e. The van der Waals surface area contributed by atoms with Crippen molar-refractivity contribution in [1.29, 1.82) is 0 Å². The van der Waals surface area contributed by atoms with E-state index >= 15 is 0 Å². The van der Waals surface area contributed by atoms with Crippen LogP contribution < -0.4 is 5.32 Å². The molecule has 0 fully saturated rings. The largest absolute Gasteiger partial charge is 0.480 e. The van der Waals surface area contributed by atoms with Crippen LogP contribution in [0, 0.1) is 11.8 Å². The fourth-order valence-corrected chi connectivity index (χ4v) is 1.89. The number of urea groups is 1. The van der Waals surface area contributed by atoms with E-state index in [1.807, 2.05) is 46.7 Å². The molecular weight excluding hydrogens is 258 g/mol. The third kappa shape index (κ3) is 7.99. The summed E-state index contributed by atoms with van der Waals surface area (Å²) >= 11 is 0. The number of carbonyl (C=O) groups is 2. The lowest BCUT2D eigenvalue weighted by Gasteiger charge is -2.30. The van der Waals surface area contributed by atoms with Crippen molar-refractivity contribution in [3.05, 3.63) is 0 Å². The van der Waals surface area contributed by atoms with Crippen LogP contribution in [0.15, 0.2) is 0 Å². The van der Waals surface area contributed by atoms with Crippen LogP contribution in [0.1, 0.15) is 27.7 Å². The van der Waals surface area contributed by atoms with E-state index in [-0.39, 0.29) is 30.5 Å². The Kier molecular flexibility index (Phi) is 8.22. The summed E-state index contributed by atoms with van der Waals surface area (Å²) in [6, 6.07) is -0.303. The molecular formula is C14H29N3O3. The minimum absolute atomic E-state index is 0.000886. The highest BCUT2D eigenvalue weighted by Crippen LogP contribution is 2.05. The van der Waals surface area contributed by atoms with Crippen molar-refractivity contribution in [2.24, 2.45) is 11.8 Å². The Labute approximate surface area is 122 Å². The molecule has 0 saturated carbocycles. The van der Waals surface area contributed by atoms with Gasteiger partial charge < -0.3 is 20.2 Å². The minimum atomic E-state index is -0.991. The second-order valence-corrected chi connectivity index (χ2v) is 6.23. The summed E-state index contributed by atoms with van der Waals surface area (Å²) in [4.78, 5) is 26.5. The Morgan fingerprint density at radius 2 is 1.65 bits per heavy atom. The molecule has 0 aliphatic rings. The van der Waals surface area contributed by atoms with E-state index in [2.05, 4.69) is 5.32 Å². The molecule has 0 aliphatic heterocycles. The van der Waals surface area contributed by atoms with Crippen LogP contribution in [0.5, 0.6) is 0 Å². The third-order valence-corrected chi connectivity index (χ3v) is 2.87. The normalized spacial score (nSPS) is 12.8. The molecule has 2 N–H and O–H groups in total. The van der Waals surface area contributed by atoms with Gasteiger partial charge in [-0.1, -0.05) is 27.7 Å². The maximum absolute atomic E-state index is 12.2. The molecule has 0 aromatic heterocycles. The maximum Gasteiger partial charge on any atom is 0.323 e. The lowest BCUT2D eigenvalue weighted by molar-refractivity contribution is -0.137. The van der Waals surface area contributed by atoms with Crippen molar-refractivity contribution in [2.75, 3.05) is 33.7 Å². The summed E-state index contributed by atoms with van der Waals surface area (Å²) in [5, 5.41) is 11.8. The highest BCUT2D eigenvalue weighted by Gasteiger charge is 2.22. The van der Waals surface area contributed by atoms with Gasteiger partial charge in [0, 0.05) is 19.1 Å². The van der Waals surface area contributed by atoms with Crippen molar-refractivity contribution >= 4 is 12.0 Å². The quantitative estimate of drug-likeness (QED) is 0.706. The van der Waals surface area contributed by atoms with Crippen LogP contribution in [0.3, 0.4) is 0 Å².